The van der Waals surface area contributed by atoms with Crippen molar-refractivity contribution in [2.75, 3.05) is 13.1 Å². The highest BCUT2D eigenvalue weighted by Crippen LogP contribution is 2.38. The van der Waals surface area contributed by atoms with Gasteiger partial charge in [-0.3, -0.25) is 14.4 Å². The maximum atomic E-state index is 13.9. The van der Waals surface area contributed by atoms with Gasteiger partial charge in [-0.1, -0.05) is 38.4 Å². The highest BCUT2D eigenvalue weighted by atomic mass is 35.5. The number of benzene rings is 2. The zero-order valence-corrected chi connectivity index (χ0v) is 22.8. The Hall–Kier alpha value is -3.65. The minimum atomic E-state index is -0.507. The predicted molar refractivity (Wildman–Crippen MR) is 148 cm³/mol. The Kier molecular flexibility index (Phi) is 6.06. The van der Waals surface area contributed by atoms with E-state index in [0.29, 0.717) is 41.4 Å². The van der Waals surface area contributed by atoms with Gasteiger partial charge in [-0.05, 0) is 54.3 Å². The van der Waals surface area contributed by atoms with Gasteiger partial charge in [0.1, 0.15) is 11.5 Å². The van der Waals surface area contributed by atoms with E-state index in [2.05, 4.69) is 9.97 Å². The second-order valence-corrected chi connectivity index (χ2v) is 12.3. The third-order valence-electron chi connectivity index (χ3n) is 8.22. The van der Waals surface area contributed by atoms with Gasteiger partial charge in [0.05, 0.1) is 23.7 Å². The zero-order chi connectivity index (χ0) is 27.6. The number of carbonyl (C=O) groups excluding carboxylic acids is 3. The van der Waals surface area contributed by atoms with Crippen LogP contribution in [0.5, 0.6) is 0 Å². The average molecular weight is 549 g/mol. The molecule has 6 rings (SSSR count). The van der Waals surface area contributed by atoms with Crippen molar-refractivity contribution in [1.82, 2.24) is 19.8 Å². The molecule has 2 fully saturated rings. The average Bonchev–Trinajstić information content (AvgIpc) is 3.66. The van der Waals surface area contributed by atoms with Gasteiger partial charge in [-0.15, -0.1) is 0 Å². The molecule has 0 spiro atoms. The predicted octanol–water partition coefficient (Wildman–Crippen LogP) is 5.80. The maximum absolute atomic E-state index is 13.9. The van der Waals surface area contributed by atoms with Crippen molar-refractivity contribution < 1.29 is 18.8 Å². The van der Waals surface area contributed by atoms with Gasteiger partial charge in [0.25, 0.3) is 5.91 Å². The number of aromatic amines is 2. The van der Waals surface area contributed by atoms with Gasteiger partial charge in [-0.2, -0.15) is 0 Å². The van der Waals surface area contributed by atoms with Crippen LogP contribution in [0.2, 0.25) is 5.02 Å². The standard InChI is InChI=1S/C30H30ClFN4O3/c1-30(2,3)22(13-27(37)25-8-16-4-6-18(31)10-23(16)33-25)28(38)35-14-21-12-20(35)15-36(21)29(39)26-9-17-5-7-19(32)11-24(17)34-26/h4-11,20-22,33-34H,12-15H2,1-3H3/t20-,21-,22+/m0/s1. The van der Waals surface area contributed by atoms with E-state index in [-0.39, 0.29) is 41.9 Å². The number of ketones is 1. The first kappa shape index (κ1) is 25.6. The number of hydrogen-bond donors (Lipinski definition) is 2. The molecule has 2 saturated heterocycles. The zero-order valence-electron chi connectivity index (χ0n) is 22.1. The van der Waals surface area contributed by atoms with Crippen molar-refractivity contribution in [2.45, 2.75) is 45.7 Å². The number of nitrogens with one attached hydrogen (secondary N) is 2. The molecule has 39 heavy (non-hydrogen) atoms. The summed E-state index contributed by atoms with van der Waals surface area (Å²) in [5, 5.41) is 2.25. The number of hydrogen-bond acceptors (Lipinski definition) is 3. The summed E-state index contributed by atoms with van der Waals surface area (Å²) in [5.74, 6) is -1.18. The van der Waals surface area contributed by atoms with Crippen molar-refractivity contribution in [2.24, 2.45) is 11.3 Å². The number of halogens is 2. The molecule has 2 amide bonds. The van der Waals surface area contributed by atoms with Crippen molar-refractivity contribution in [3.63, 3.8) is 0 Å². The van der Waals surface area contributed by atoms with E-state index in [1.165, 1.54) is 12.1 Å². The van der Waals surface area contributed by atoms with Gasteiger partial charge in [-0.25, -0.2) is 4.39 Å². The van der Waals surface area contributed by atoms with E-state index < -0.39 is 11.3 Å². The number of nitrogens with zero attached hydrogens (tertiary/aromatic N) is 2. The number of rotatable bonds is 5. The normalized spacial score (nSPS) is 19.8. The Morgan fingerprint density at radius 1 is 0.923 bits per heavy atom. The Labute approximate surface area is 230 Å². The maximum Gasteiger partial charge on any atom is 0.270 e. The van der Waals surface area contributed by atoms with Crippen LogP contribution in [0.4, 0.5) is 4.39 Å². The first-order valence-electron chi connectivity index (χ1n) is 13.2. The highest BCUT2D eigenvalue weighted by Gasteiger charge is 2.50. The van der Waals surface area contributed by atoms with Crippen LogP contribution in [0.3, 0.4) is 0 Å². The summed E-state index contributed by atoms with van der Waals surface area (Å²) in [5.41, 5.74) is 1.81. The van der Waals surface area contributed by atoms with Gasteiger partial charge >= 0.3 is 0 Å². The number of carbonyl (C=O) groups is 3. The molecule has 0 aliphatic carbocycles. The number of Topliss-reactive ketones (excluding diaryl/α,β-unsaturated/α-hetero) is 1. The fourth-order valence-electron chi connectivity index (χ4n) is 6.06. The van der Waals surface area contributed by atoms with Crippen LogP contribution in [0, 0.1) is 17.2 Å². The molecular weight excluding hydrogens is 519 g/mol. The van der Waals surface area contributed by atoms with E-state index in [9.17, 15) is 18.8 Å². The van der Waals surface area contributed by atoms with E-state index in [0.717, 1.165) is 16.3 Å². The van der Waals surface area contributed by atoms with E-state index in [1.807, 2.05) is 36.6 Å². The van der Waals surface area contributed by atoms with Crippen LogP contribution in [0.15, 0.2) is 48.5 Å². The lowest BCUT2D eigenvalue weighted by Gasteiger charge is -2.39. The number of fused-ring (bicyclic) bond motifs is 4. The molecule has 0 unspecified atom stereocenters. The van der Waals surface area contributed by atoms with Crippen LogP contribution < -0.4 is 0 Å². The number of piperazine rings is 1. The molecule has 4 aromatic rings. The van der Waals surface area contributed by atoms with Gasteiger partial charge in [0.2, 0.25) is 5.91 Å². The summed E-state index contributed by atoms with van der Waals surface area (Å²) in [6.45, 7) is 6.83. The second kappa shape index (κ2) is 9.23. The number of amides is 2. The summed E-state index contributed by atoms with van der Waals surface area (Å²) in [4.78, 5) is 50.3. The van der Waals surface area contributed by atoms with Crippen LogP contribution >= 0.6 is 11.6 Å². The molecule has 0 saturated carbocycles. The second-order valence-electron chi connectivity index (χ2n) is 11.9. The summed E-state index contributed by atoms with van der Waals surface area (Å²) in [7, 11) is 0. The topological polar surface area (TPSA) is 89.3 Å². The third kappa shape index (κ3) is 4.61. The molecule has 2 bridgehead atoms. The molecule has 202 valence electrons. The van der Waals surface area contributed by atoms with Crippen LogP contribution in [-0.2, 0) is 4.79 Å². The number of aromatic nitrogens is 2. The molecule has 2 N–H and O–H groups in total. The molecule has 2 aliphatic heterocycles. The third-order valence-corrected chi connectivity index (χ3v) is 8.45. The molecule has 0 radical (unpaired) electrons. The molecule has 4 heterocycles. The molecule has 2 aromatic carbocycles. The molecule has 2 aromatic heterocycles. The lowest BCUT2D eigenvalue weighted by molar-refractivity contribution is -0.141. The summed E-state index contributed by atoms with van der Waals surface area (Å²) in [6.07, 6.45) is 0.797. The fourth-order valence-corrected chi connectivity index (χ4v) is 6.24. The van der Waals surface area contributed by atoms with E-state index >= 15 is 0 Å². The number of likely N-dealkylation sites (tertiary alicyclic amines) is 2. The minimum absolute atomic E-state index is 0.0457. The van der Waals surface area contributed by atoms with E-state index in [4.69, 9.17) is 11.6 Å². The van der Waals surface area contributed by atoms with Crippen LogP contribution in [0.1, 0.15) is 54.6 Å². The van der Waals surface area contributed by atoms with Crippen LogP contribution in [0.25, 0.3) is 21.8 Å². The molecule has 2 aliphatic rings. The van der Waals surface area contributed by atoms with Gasteiger partial charge in [0.15, 0.2) is 5.78 Å². The first-order valence-corrected chi connectivity index (χ1v) is 13.6. The largest absolute Gasteiger partial charge is 0.352 e. The molecule has 3 atom stereocenters. The molecule has 7 nitrogen and oxygen atoms in total. The smallest absolute Gasteiger partial charge is 0.270 e. The minimum Gasteiger partial charge on any atom is -0.352 e. The van der Waals surface area contributed by atoms with E-state index in [1.54, 1.807) is 30.3 Å². The first-order chi connectivity index (χ1) is 18.5. The van der Waals surface area contributed by atoms with Gasteiger partial charge in [0, 0.05) is 46.3 Å². The molecular formula is C30H30ClFN4O3. The summed E-state index contributed by atoms with van der Waals surface area (Å²) in [6, 6.07) is 13.2. The lowest BCUT2D eigenvalue weighted by atomic mass is 9.76. The Morgan fingerprint density at radius 2 is 1.54 bits per heavy atom. The van der Waals surface area contributed by atoms with Crippen molar-refractivity contribution in [1.29, 1.82) is 0 Å². The Balaban J connectivity index is 1.16. The lowest BCUT2D eigenvalue weighted by Crippen LogP contribution is -2.53. The summed E-state index contributed by atoms with van der Waals surface area (Å²) >= 11 is 6.09. The Bertz CT molecular complexity index is 1630. The number of H-pyrrole nitrogens is 2. The monoisotopic (exact) mass is 548 g/mol. The van der Waals surface area contributed by atoms with Crippen LogP contribution in [-0.4, -0.2) is 62.5 Å². The van der Waals surface area contributed by atoms with Crippen molar-refractivity contribution in [3.8, 4) is 0 Å². The Morgan fingerprint density at radius 3 is 2.23 bits per heavy atom. The quantitative estimate of drug-likeness (QED) is 0.309. The van der Waals surface area contributed by atoms with Crippen molar-refractivity contribution in [3.05, 3.63) is 70.8 Å². The van der Waals surface area contributed by atoms with Gasteiger partial charge < -0.3 is 19.8 Å². The summed E-state index contributed by atoms with van der Waals surface area (Å²) < 4.78 is 13.6. The SMILES string of the molecule is CC(C)(C)[C@H](CC(=O)c1cc2ccc(Cl)cc2[nH]1)C(=O)N1C[C@@H]2C[C@H]1CN2C(=O)c1cc2ccc(F)cc2[nH]1. The fraction of sp³-hybridized carbons (Fsp3) is 0.367. The van der Waals surface area contributed by atoms with Crippen molar-refractivity contribution >= 4 is 51.0 Å². The molecule has 9 heteroatoms. The highest BCUT2D eigenvalue weighted by molar-refractivity contribution is 6.31.